The number of carbonyl (C=O) groups excluding carboxylic acids is 2. The molecule has 3 rings (SSSR count). The van der Waals surface area contributed by atoms with Crippen molar-refractivity contribution >= 4 is 29.1 Å². The predicted molar refractivity (Wildman–Crippen MR) is 97.2 cm³/mol. The molecule has 1 N–H and O–H groups in total. The van der Waals surface area contributed by atoms with Crippen LogP contribution in [0.2, 0.25) is 5.02 Å². The molecule has 2 amide bonds. The standard InChI is InChI=1S/C18H18ClF3N4O2/c1-11(26-10-14(19)9-23-26)16(27)24-15-7-12(6-13(8-15)18(20,21)22)17(28)25-4-2-3-5-25/h6-11H,2-5H2,1H3,(H,24,27). The lowest BCUT2D eigenvalue weighted by Crippen LogP contribution is -2.28. The normalized spacial score (nSPS) is 15.5. The summed E-state index contributed by atoms with van der Waals surface area (Å²) in [6.07, 6.45) is -0.235. The van der Waals surface area contributed by atoms with Crippen LogP contribution in [0, 0.1) is 0 Å². The van der Waals surface area contributed by atoms with Crippen LogP contribution in [0.4, 0.5) is 18.9 Å². The Labute approximate surface area is 164 Å². The summed E-state index contributed by atoms with van der Waals surface area (Å²) in [5.74, 6) is -1.07. The number of anilines is 1. The summed E-state index contributed by atoms with van der Waals surface area (Å²) in [7, 11) is 0. The highest BCUT2D eigenvalue weighted by Crippen LogP contribution is 2.33. The first-order valence-corrected chi connectivity index (χ1v) is 9.05. The van der Waals surface area contributed by atoms with Crippen molar-refractivity contribution in [2.45, 2.75) is 32.0 Å². The lowest BCUT2D eigenvalue weighted by atomic mass is 10.1. The summed E-state index contributed by atoms with van der Waals surface area (Å²) in [6, 6.07) is 2.07. The Kier molecular flexibility index (Phi) is 5.64. The van der Waals surface area contributed by atoms with Crippen molar-refractivity contribution < 1.29 is 22.8 Å². The van der Waals surface area contributed by atoms with E-state index in [2.05, 4.69) is 10.4 Å². The van der Waals surface area contributed by atoms with Gasteiger partial charge in [-0.15, -0.1) is 0 Å². The topological polar surface area (TPSA) is 67.2 Å². The smallest absolute Gasteiger partial charge is 0.339 e. The van der Waals surface area contributed by atoms with Crippen molar-refractivity contribution in [1.29, 1.82) is 0 Å². The van der Waals surface area contributed by atoms with Crippen LogP contribution in [0.25, 0.3) is 0 Å². The predicted octanol–water partition coefficient (Wildman–Crippen LogP) is 3.99. The number of nitrogens with one attached hydrogen (secondary N) is 1. The number of aromatic nitrogens is 2. The molecule has 0 saturated carbocycles. The number of halogens is 4. The molecular formula is C18H18ClF3N4O2. The summed E-state index contributed by atoms with van der Waals surface area (Å²) in [5, 5.41) is 6.68. The van der Waals surface area contributed by atoms with Gasteiger partial charge in [0.25, 0.3) is 5.91 Å². The minimum atomic E-state index is -4.65. The summed E-state index contributed by atoms with van der Waals surface area (Å²) in [5.41, 5.74) is -1.21. The number of rotatable bonds is 4. The maximum Gasteiger partial charge on any atom is 0.416 e. The number of benzene rings is 1. The van der Waals surface area contributed by atoms with Crippen molar-refractivity contribution in [2.24, 2.45) is 0 Å². The molecule has 1 aromatic heterocycles. The van der Waals surface area contributed by atoms with E-state index in [1.54, 1.807) is 0 Å². The average Bonchev–Trinajstić information content (AvgIpc) is 3.31. The van der Waals surface area contributed by atoms with Gasteiger partial charge in [0.05, 0.1) is 16.8 Å². The van der Waals surface area contributed by atoms with Gasteiger partial charge < -0.3 is 10.2 Å². The van der Waals surface area contributed by atoms with E-state index < -0.39 is 29.6 Å². The molecule has 28 heavy (non-hydrogen) atoms. The number of amides is 2. The van der Waals surface area contributed by atoms with E-state index in [9.17, 15) is 22.8 Å². The van der Waals surface area contributed by atoms with Gasteiger partial charge in [-0.1, -0.05) is 11.6 Å². The zero-order chi connectivity index (χ0) is 20.5. The number of hydrogen-bond donors (Lipinski definition) is 1. The number of carbonyl (C=O) groups is 2. The van der Waals surface area contributed by atoms with Crippen LogP contribution in [0.1, 0.15) is 41.7 Å². The van der Waals surface area contributed by atoms with Gasteiger partial charge in [-0.05, 0) is 38.0 Å². The molecule has 1 atom stereocenters. The molecule has 6 nitrogen and oxygen atoms in total. The minimum absolute atomic E-state index is 0.104. The van der Waals surface area contributed by atoms with Crippen LogP contribution in [0.5, 0.6) is 0 Å². The first-order valence-electron chi connectivity index (χ1n) is 8.67. The zero-order valence-electron chi connectivity index (χ0n) is 15.0. The molecule has 1 aliphatic heterocycles. The Bertz CT molecular complexity index is 891. The van der Waals surface area contributed by atoms with Crippen molar-refractivity contribution in [3.8, 4) is 0 Å². The van der Waals surface area contributed by atoms with E-state index >= 15 is 0 Å². The minimum Gasteiger partial charge on any atom is -0.339 e. The van der Waals surface area contributed by atoms with E-state index in [4.69, 9.17) is 11.6 Å². The lowest BCUT2D eigenvalue weighted by Gasteiger charge is -2.18. The molecule has 0 spiro atoms. The molecule has 1 aliphatic rings. The van der Waals surface area contributed by atoms with E-state index in [1.165, 1.54) is 35.0 Å². The molecule has 2 aromatic rings. The number of hydrogen-bond acceptors (Lipinski definition) is 3. The molecule has 1 unspecified atom stereocenters. The molecule has 10 heteroatoms. The fourth-order valence-electron chi connectivity index (χ4n) is 2.98. The molecule has 1 aromatic carbocycles. The largest absolute Gasteiger partial charge is 0.416 e. The molecule has 1 saturated heterocycles. The first-order chi connectivity index (χ1) is 13.1. The number of nitrogens with zero attached hydrogens (tertiary/aromatic N) is 3. The number of alkyl halides is 3. The maximum absolute atomic E-state index is 13.3. The highest BCUT2D eigenvalue weighted by molar-refractivity contribution is 6.30. The van der Waals surface area contributed by atoms with Gasteiger partial charge in [0.15, 0.2) is 0 Å². The monoisotopic (exact) mass is 414 g/mol. The Balaban J connectivity index is 1.87. The third-order valence-electron chi connectivity index (χ3n) is 4.51. The van der Waals surface area contributed by atoms with Crippen LogP contribution in [-0.2, 0) is 11.0 Å². The third-order valence-corrected chi connectivity index (χ3v) is 4.71. The summed E-state index contributed by atoms with van der Waals surface area (Å²) in [4.78, 5) is 26.5. The molecular weight excluding hydrogens is 397 g/mol. The summed E-state index contributed by atoms with van der Waals surface area (Å²) < 4.78 is 41.2. The fraction of sp³-hybridized carbons (Fsp3) is 0.389. The molecule has 0 radical (unpaired) electrons. The first kappa shape index (κ1) is 20.2. The van der Waals surface area contributed by atoms with Crippen molar-refractivity contribution in [3.05, 3.63) is 46.7 Å². The van der Waals surface area contributed by atoms with E-state index in [-0.39, 0.29) is 11.3 Å². The lowest BCUT2D eigenvalue weighted by molar-refractivity contribution is -0.137. The van der Waals surface area contributed by atoms with Gasteiger partial charge in [0.1, 0.15) is 6.04 Å². The second-order valence-corrected chi connectivity index (χ2v) is 7.04. The molecule has 2 heterocycles. The SMILES string of the molecule is CC(C(=O)Nc1cc(C(=O)N2CCCC2)cc(C(F)(F)F)c1)n1cc(Cl)cn1. The summed E-state index contributed by atoms with van der Waals surface area (Å²) in [6.45, 7) is 2.55. The third kappa shape index (κ3) is 4.46. The van der Waals surface area contributed by atoms with Crippen LogP contribution in [0.3, 0.4) is 0 Å². The Hall–Kier alpha value is -2.55. The maximum atomic E-state index is 13.3. The van der Waals surface area contributed by atoms with E-state index in [1.807, 2.05) is 0 Å². The van der Waals surface area contributed by atoms with Crippen LogP contribution >= 0.6 is 11.6 Å². The van der Waals surface area contributed by atoms with Gasteiger partial charge in [-0.25, -0.2) is 0 Å². The molecule has 1 fully saturated rings. The highest BCUT2D eigenvalue weighted by atomic mass is 35.5. The number of likely N-dealkylation sites (tertiary alicyclic amines) is 1. The molecule has 0 bridgehead atoms. The highest BCUT2D eigenvalue weighted by Gasteiger charge is 2.33. The molecule has 150 valence electrons. The van der Waals surface area contributed by atoms with Gasteiger partial charge in [-0.3, -0.25) is 14.3 Å². The second-order valence-electron chi connectivity index (χ2n) is 6.60. The Morgan fingerprint density at radius 3 is 2.46 bits per heavy atom. The van der Waals surface area contributed by atoms with E-state index in [0.29, 0.717) is 18.1 Å². The van der Waals surface area contributed by atoms with Gasteiger partial charge >= 0.3 is 6.18 Å². The van der Waals surface area contributed by atoms with Crippen molar-refractivity contribution in [1.82, 2.24) is 14.7 Å². The van der Waals surface area contributed by atoms with E-state index in [0.717, 1.165) is 25.0 Å². The van der Waals surface area contributed by atoms with Crippen LogP contribution < -0.4 is 5.32 Å². The van der Waals surface area contributed by atoms with Gasteiger partial charge in [-0.2, -0.15) is 18.3 Å². The van der Waals surface area contributed by atoms with Gasteiger partial charge in [0, 0.05) is 30.5 Å². The van der Waals surface area contributed by atoms with Crippen LogP contribution in [-0.4, -0.2) is 39.6 Å². The molecule has 0 aliphatic carbocycles. The van der Waals surface area contributed by atoms with Crippen LogP contribution in [0.15, 0.2) is 30.6 Å². The van der Waals surface area contributed by atoms with Crippen molar-refractivity contribution in [3.63, 3.8) is 0 Å². The summed E-state index contributed by atoms with van der Waals surface area (Å²) >= 11 is 5.78. The quantitative estimate of drug-likeness (QED) is 0.822. The second kappa shape index (κ2) is 7.83. The average molecular weight is 415 g/mol. The zero-order valence-corrected chi connectivity index (χ0v) is 15.7. The van der Waals surface area contributed by atoms with Crippen molar-refractivity contribution in [2.75, 3.05) is 18.4 Å². The Morgan fingerprint density at radius 2 is 1.89 bits per heavy atom. The van der Waals surface area contributed by atoms with Gasteiger partial charge in [0.2, 0.25) is 5.91 Å². The Morgan fingerprint density at radius 1 is 1.21 bits per heavy atom. The fourth-order valence-corrected chi connectivity index (χ4v) is 3.13.